The molecule has 2 heterocycles. The van der Waals surface area contributed by atoms with Crippen LogP contribution in [0.15, 0.2) is 42.5 Å². The molecule has 0 radical (unpaired) electrons. The van der Waals surface area contributed by atoms with Gasteiger partial charge >= 0.3 is 5.97 Å². The first-order valence-electron chi connectivity index (χ1n) is 11.2. The number of esters is 1. The van der Waals surface area contributed by atoms with E-state index < -0.39 is 0 Å². The Morgan fingerprint density at radius 2 is 1.91 bits per heavy atom. The van der Waals surface area contributed by atoms with Crippen LogP contribution >= 0.6 is 23.6 Å². The van der Waals surface area contributed by atoms with Crippen molar-refractivity contribution in [2.24, 2.45) is 0 Å². The lowest BCUT2D eigenvalue weighted by Crippen LogP contribution is -2.21. The summed E-state index contributed by atoms with van der Waals surface area (Å²) in [4.78, 5) is 14.0. The molecule has 178 valence electrons. The number of ether oxygens (including phenoxy) is 3. The minimum absolute atomic E-state index is 0.225. The van der Waals surface area contributed by atoms with Crippen LogP contribution in [0.25, 0.3) is 0 Å². The van der Waals surface area contributed by atoms with Crippen molar-refractivity contribution in [2.75, 3.05) is 24.0 Å². The Hall–Kier alpha value is -3.10. The highest BCUT2D eigenvalue weighted by Gasteiger charge is 2.25. The van der Waals surface area contributed by atoms with E-state index in [1.165, 1.54) is 16.9 Å². The number of carbonyl (C=O) groups excluding carboxylic acids is 1. The monoisotopic (exact) mass is 496 g/mol. The molecule has 4 rings (SSSR count). The van der Waals surface area contributed by atoms with Crippen molar-refractivity contribution in [2.45, 2.75) is 40.0 Å². The first-order chi connectivity index (χ1) is 16.4. The van der Waals surface area contributed by atoms with Crippen molar-refractivity contribution in [3.63, 3.8) is 0 Å². The Balaban J connectivity index is 1.61. The van der Waals surface area contributed by atoms with Crippen LogP contribution in [-0.2, 0) is 11.2 Å². The van der Waals surface area contributed by atoms with Gasteiger partial charge in [0.25, 0.3) is 0 Å². The number of nitrogens with one attached hydrogen (secondary N) is 2. The van der Waals surface area contributed by atoms with E-state index in [2.05, 4.69) is 30.5 Å². The van der Waals surface area contributed by atoms with E-state index in [1.807, 2.05) is 43.3 Å². The van der Waals surface area contributed by atoms with Gasteiger partial charge in [0.05, 0.1) is 12.2 Å². The minimum atomic E-state index is -0.365. The Morgan fingerprint density at radius 3 is 2.68 bits per heavy atom. The van der Waals surface area contributed by atoms with Crippen LogP contribution in [0.4, 0.5) is 10.7 Å². The maximum atomic E-state index is 13.0. The van der Waals surface area contributed by atoms with Gasteiger partial charge in [-0.15, -0.1) is 11.3 Å². The highest BCUT2D eigenvalue weighted by molar-refractivity contribution is 7.80. The fraction of sp³-hybridized carbons (Fsp3) is 0.308. The summed E-state index contributed by atoms with van der Waals surface area (Å²) >= 11 is 7.11. The van der Waals surface area contributed by atoms with Gasteiger partial charge < -0.3 is 24.8 Å². The molecule has 1 aromatic heterocycles. The SMILES string of the molecule is CCOC(=O)c1c(NC(=S)Nc2ccccc2C(C)C)sc(C)c1Cc1ccc2c(c1)OCO2. The van der Waals surface area contributed by atoms with E-state index in [4.69, 9.17) is 26.4 Å². The second kappa shape index (κ2) is 10.4. The summed E-state index contributed by atoms with van der Waals surface area (Å²) in [5, 5.41) is 7.63. The Morgan fingerprint density at radius 1 is 1.15 bits per heavy atom. The predicted octanol–water partition coefficient (Wildman–Crippen LogP) is 6.49. The van der Waals surface area contributed by atoms with Gasteiger partial charge in [0.1, 0.15) is 5.00 Å². The summed E-state index contributed by atoms with van der Waals surface area (Å²) < 4.78 is 16.3. The number of hydrogen-bond donors (Lipinski definition) is 2. The Bertz CT molecular complexity index is 1220. The average Bonchev–Trinajstić information content (AvgIpc) is 3.38. The number of para-hydroxylation sites is 1. The molecule has 0 fully saturated rings. The topological polar surface area (TPSA) is 68.8 Å². The van der Waals surface area contributed by atoms with Gasteiger partial charge in [0, 0.05) is 10.6 Å². The molecule has 0 spiro atoms. The normalized spacial score (nSPS) is 12.0. The fourth-order valence-corrected chi connectivity index (χ4v) is 5.27. The quantitative estimate of drug-likeness (QED) is 0.286. The molecular formula is C26H28N2O4S2. The molecule has 0 unspecified atom stereocenters. The summed E-state index contributed by atoms with van der Waals surface area (Å²) in [6, 6.07) is 13.9. The van der Waals surface area contributed by atoms with Gasteiger partial charge in [-0.25, -0.2) is 4.79 Å². The predicted molar refractivity (Wildman–Crippen MR) is 141 cm³/mol. The Labute approximate surface area is 209 Å². The van der Waals surface area contributed by atoms with Gasteiger partial charge in [-0.3, -0.25) is 0 Å². The smallest absolute Gasteiger partial charge is 0.341 e. The molecule has 6 nitrogen and oxygen atoms in total. The number of rotatable bonds is 7. The first-order valence-corrected chi connectivity index (χ1v) is 12.4. The third-order valence-corrected chi connectivity index (χ3v) is 6.83. The van der Waals surface area contributed by atoms with Crippen molar-refractivity contribution >= 4 is 45.3 Å². The number of carbonyl (C=O) groups is 1. The van der Waals surface area contributed by atoms with Crippen LogP contribution in [0.1, 0.15) is 58.6 Å². The molecule has 0 saturated heterocycles. The lowest BCUT2D eigenvalue weighted by molar-refractivity contribution is 0.0527. The maximum absolute atomic E-state index is 13.0. The molecule has 8 heteroatoms. The van der Waals surface area contributed by atoms with Crippen LogP contribution in [0.5, 0.6) is 11.5 Å². The van der Waals surface area contributed by atoms with Gasteiger partial charge in [-0.1, -0.05) is 38.1 Å². The second-order valence-corrected chi connectivity index (χ2v) is 9.88. The van der Waals surface area contributed by atoms with Crippen LogP contribution in [0.2, 0.25) is 0 Å². The summed E-state index contributed by atoms with van der Waals surface area (Å²) in [6.45, 7) is 8.61. The van der Waals surface area contributed by atoms with Crippen LogP contribution in [0.3, 0.4) is 0 Å². The van der Waals surface area contributed by atoms with E-state index in [0.717, 1.165) is 33.2 Å². The number of anilines is 2. The van der Waals surface area contributed by atoms with E-state index in [1.54, 1.807) is 6.92 Å². The van der Waals surface area contributed by atoms with Crippen molar-refractivity contribution < 1.29 is 19.0 Å². The zero-order chi connectivity index (χ0) is 24.2. The highest BCUT2D eigenvalue weighted by atomic mass is 32.1. The maximum Gasteiger partial charge on any atom is 0.341 e. The zero-order valence-electron chi connectivity index (χ0n) is 19.7. The van der Waals surface area contributed by atoms with E-state index in [9.17, 15) is 4.79 Å². The molecule has 1 aliphatic heterocycles. The molecule has 0 aliphatic carbocycles. The fourth-order valence-electron chi connectivity index (χ4n) is 3.92. The number of aryl methyl sites for hydroxylation is 1. The molecule has 0 saturated carbocycles. The van der Waals surface area contributed by atoms with E-state index in [0.29, 0.717) is 34.6 Å². The van der Waals surface area contributed by atoms with Crippen molar-refractivity contribution in [1.29, 1.82) is 0 Å². The van der Waals surface area contributed by atoms with Crippen molar-refractivity contribution in [3.8, 4) is 11.5 Å². The van der Waals surface area contributed by atoms with Gasteiger partial charge in [0.2, 0.25) is 6.79 Å². The molecule has 0 atom stereocenters. The molecular weight excluding hydrogens is 468 g/mol. The van der Waals surface area contributed by atoms with Crippen LogP contribution in [-0.4, -0.2) is 24.5 Å². The molecule has 2 aromatic carbocycles. The second-order valence-electron chi connectivity index (χ2n) is 8.25. The summed E-state index contributed by atoms with van der Waals surface area (Å²) in [5.74, 6) is 1.43. The van der Waals surface area contributed by atoms with Crippen LogP contribution < -0.4 is 20.1 Å². The number of thiocarbonyl (C=S) groups is 1. The third kappa shape index (κ3) is 5.18. The van der Waals surface area contributed by atoms with Crippen LogP contribution in [0, 0.1) is 6.92 Å². The summed E-state index contributed by atoms with van der Waals surface area (Å²) in [6.07, 6.45) is 0.561. The average molecular weight is 497 g/mol. The van der Waals surface area contributed by atoms with E-state index in [-0.39, 0.29) is 12.8 Å². The number of hydrogen-bond acceptors (Lipinski definition) is 6. The standard InChI is InChI=1S/C26H28N2O4S2/c1-5-30-25(29)23-19(12-17-10-11-21-22(13-17)32-14-31-21)16(4)34-24(23)28-26(33)27-20-9-7-6-8-18(20)15(2)3/h6-11,13,15H,5,12,14H2,1-4H3,(H2,27,28,33). The molecule has 2 N–H and O–H groups in total. The molecule has 1 aliphatic rings. The number of fused-ring (bicyclic) bond motifs is 1. The largest absolute Gasteiger partial charge is 0.462 e. The van der Waals surface area contributed by atoms with E-state index >= 15 is 0 Å². The number of benzene rings is 2. The lowest BCUT2D eigenvalue weighted by atomic mass is 10.0. The first kappa shape index (κ1) is 24.0. The molecule has 0 bridgehead atoms. The minimum Gasteiger partial charge on any atom is -0.462 e. The van der Waals surface area contributed by atoms with Gasteiger partial charge in [-0.05, 0) is 73.3 Å². The van der Waals surface area contributed by atoms with Crippen molar-refractivity contribution in [1.82, 2.24) is 0 Å². The summed E-state index contributed by atoms with van der Waals surface area (Å²) in [7, 11) is 0. The molecule has 0 amide bonds. The lowest BCUT2D eigenvalue weighted by Gasteiger charge is -2.16. The number of thiophene rings is 1. The van der Waals surface area contributed by atoms with Gasteiger partial charge in [-0.2, -0.15) is 0 Å². The third-order valence-electron chi connectivity index (χ3n) is 5.56. The Kier molecular flexibility index (Phi) is 7.38. The van der Waals surface area contributed by atoms with Crippen molar-refractivity contribution in [3.05, 3.63) is 69.6 Å². The molecule has 34 heavy (non-hydrogen) atoms. The summed E-state index contributed by atoms with van der Waals surface area (Å²) in [5.41, 5.74) is 4.57. The van der Waals surface area contributed by atoms with Gasteiger partial charge in [0.15, 0.2) is 16.6 Å². The zero-order valence-corrected chi connectivity index (χ0v) is 21.3. The molecule has 3 aromatic rings. The highest BCUT2D eigenvalue weighted by Crippen LogP contribution is 2.38.